The van der Waals surface area contributed by atoms with Gasteiger partial charge < -0.3 is 24.8 Å². The molecule has 1 aliphatic carbocycles. The fourth-order valence-electron chi connectivity index (χ4n) is 1.85. The maximum atomic E-state index is 2.44. The number of rotatable bonds is 1. The fourth-order valence-corrected chi connectivity index (χ4v) is 6.52. The van der Waals surface area contributed by atoms with Crippen LogP contribution >= 0.6 is 0 Å². The number of fused-ring (bicyclic) bond motifs is 1. The molecule has 0 aliphatic heterocycles. The van der Waals surface area contributed by atoms with Crippen LogP contribution in [0, 0.1) is 0 Å². The molecule has 0 spiro atoms. The van der Waals surface area contributed by atoms with Crippen LogP contribution in [0.3, 0.4) is 0 Å². The molecule has 0 amide bonds. The molecule has 1 unspecified atom stereocenters. The molecule has 2 rings (SSSR count). The van der Waals surface area contributed by atoms with Gasteiger partial charge in [-0.25, -0.2) is 0 Å². The summed E-state index contributed by atoms with van der Waals surface area (Å²) >= 11 is 1.65. The number of hydrogen-bond acceptors (Lipinski definition) is 0. The maximum Gasteiger partial charge on any atom is -1.00 e. The van der Waals surface area contributed by atoms with Crippen LogP contribution in [0.5, 0.6) is 0 Å². The van der Waals surface area contributed by atoms with Crippen LogP contribution in [-0.4, -0.2) is 8.80 Å². The molecule has 1 atom stereocenters. The van der Waals surface area contributed by atoms with Gasteiger partial charge in [0.2, 0.25) is 0 Å². The Morgan fingerprint density at radius 3 is 2.27 bits per heavy atom. The Bertz CT molecular complexity index is 363. The monoisotopic (exact) mass is 333 g/mol. The Balaban J connectivity index is 0.000000980. The maximum absolute atomic E-state index is 2.44. The van der Waals surface area contributed by atoms with Gasteiger partial charge in [0.15, 0.2) is 0 Å². The van der Waals surface area contributed by atoms with Crippen molar-refractivity contribution in [3.05, 3.63) is 40.6 Å². The van der Waals surface area contributed by atoms with Gasteiger partial charge in [-0.3, -0.25) is 0 Å². The summed E-state index contributed by atoms with van der Waals surface area (Å²) in [6.45, 7) is 4.85. The van der Waals surface area contributed by atoms with Crippen LogP contribution in [0.2, 0.25) is 13.1 Å². The first kappa shape index (κ1) is 15.6. The van der Waals surface area contributed by atoms with Crippen LogP contribution < -0.4 is 24.8 Å². The topological polar surface area (TPSA) is 0 Å². The minimum absolute atomic E-state index is 0. The second-order valence-corrected chi connectivity index (χ2v) is 8.26. The molecule has 0 bridgehead atoms. The first-order valence-electron chi connectivity index (χ1n) is 4.71. The molecule has 1 aromatic carbocycles. The molecule has 1 aromatic rings. The van der Waals surface area contributed by atoms with Crippen LogP contribution in [0.1, 0.15) is 14.8 Å². The standard InChI is InChI=1S/C11H13Si.2ClH.Zr/c1-12(2)11-7-9-5-3-4-6-10(9)8-11;;;/h3-8,12H,1-2H3;2*1H;/q;;;+2/p-2. The third kappa shape index (κ3) is 3.06. The van der Waals surface area contributed by atoms with E-state index in [1.807, 2.05) is 0 Å². The number of halogens is 2. The van der Waals surface area contributed by atoms with Gasteiger partial charge in [0, 0.05) is 0 Å². The molecule has 0 radical (unpaired) electrons. The van der Waals surface area contributed by atoms with Crippen molar-refractivity contribution in [2.75, 3.05) is 0 Å². The van der Waals surface area contributed by atoms with Crippen LogP contribution in [0.4, 0.5) is 0 Å². The van der Waals surface area contributed by atoms with Crippen molar-refractivity contribution < 1.29 is 49.5 Å². The first-order chi connectivity index (χ1) is 6.20. The molecule has 0 N–H and O–H groups in total. The average Bonchev–Trinajstić information content (AvgIpc) is 2.45. The average molecular weight is 335 g/mol. The van der Waals surface area contributed by atoms with E-state index in [0.29, 0.717) is 0 Å². The van der Waals surface area contributed by atoms with Gasteiger partial charge in [-0.05, 0) is 0 Å². The summed E-state index contributed by atoms with van der Waals surface area (Å²) in [6, 6.07) is 8.84. The van der Waals surface area contributed by atoms with E-state index in [-0.39, 0.29) is 24.8 Å². The van der Waals surface area contributed by atoms with Crippen molar-refractivity contribution >= 4 is 14.9 Å². The van der Waals surface area contributed by atoms with E-state index in [0.717, 1.165) is 3.63 Å². The van der Waals surface area contributed by atoms with Gasteiger partial charge in [-0.2, -0.15) is 0 Å². The third-order valence-electron chi connectivity index (χ3n) is 2.63. The van der Waals surface area contributed by atoms with Crippen molar-refractivity contribution in [2.24, 2.45) is 0 Å². The number of benzene rings is 1. The van der Waals surface area contributed by atoms with Gasteiger partial charge in [0.1, 0.15) is 0 Å². The van der Waals surface area contributed by atoms with Crippen molar-refractivity contribution in [1.29, 1.82) is 0 Å². The van der Waals surface area contributed by atoms with E-state index in [2.05, 4.69) is 43.4 Å². The summed E-state index contributed by atoms with van der Waals surface area (Å²) in [6.07, 6.45) is 2.44. The summed E-state index contributed by atoms with van der Waals surface area (Å²) in [7, 11) is -0.584. The van der Waals surface area contributed by atoms with E-state index in [9.17, 15) is 0 Å². The molecule has 4 heteroatoms. The molecule has 0 aromatic heterocycles. The quantitative estimate of drug-likeness (QED) is 0.472. The van der Waals surface area contributed by atoms with Gasteiger partial charge in [-0.1, -0.05) is 0 Å². The molecule has 0 fully saturated rings. The minimum atomic E-state index is -0.584. The summed E-state index contributed by atoms with van der Waals surface area (Å²) < 4.78 is 0.773. The minimum Gasteiger partial charge on any atom is -1.00 e. The number of allylic oxidation sites excluding steroid dienone is 1. The van der Waals surface area contributed by atoms with Crippen molar-refractivity contribution in [1.82, 2.24) is 0 Å². The summed E-state index contributed by atoms with van der Waals surface area (Å²) in [5.74, 6) is 0. The van der Waals surface area contributed by atoms with Gasteiger partial charge in [0.05, 0.1) is 0 Å². The smallest absolute Gasteiger partial charge is 1.00 e. The SMILES string of the molecule is C[SiH](C)C1=Cc2ccccc2[CH]1[Zr+2].[Cl-].[Cl-]. The molecule has 0 nitrogen and oxygen atoms in total. The molecule has 79 valence electrons. The van der Waals surface area contributed by atoms with E-state index in [1.165, 1.54) is 5.56 Å². The van der Waals surface area contributed by atoms with Crippen LogP contribution in [0.25, 0.3) is 6.08 Å². The van der Waals surface area contributed by atoms with E-state index < -0.39 is 8.80 Å². The summed E-state index contributed by atoms with van der Waals surface area (Å²) in [5.41, 5.74) is 3.04. The molecule has 0 saturated carbocycles. The Morgan fingerprint density at radius 1 is 1.13 bits per heavy atom. The van der Waals surface area contributed by atoms with Crippen LogP contribution in [-0.2, 0) is 24.7 Å². The Morgan fingerprint density at radius 2 is 1.73 bits per heavy atom. The normalized spacial score (nSPS) is 17.7. The fraction of sp³-hybridized carbons (Fsp3) is 0.273. The van der Waals surface area contributed by atoms with E-state index in [1.54, 1.807) is 35.5 Å². The zero-order valence-electron chi connectivity index (χ0n) is 8.80. The Kier molecular flexibility index (Phi) is 6.67. The third-order valence-corrected chi connectivity index (χ3v) is 6.87. The second kappa shape index (κ2) is 6.39. The van der Waals surface area contributed by atoms with Crippen molar-refractivity contribution in [2.45, 2.75) is 16.7 Å². The van der Waals surface area contributed by atoms with Gasteiger partial charge >= 0.3 is 96.9 Å². The zero-order valence-corrected chi connectivity index (χ0v) is 13.9. The first-order valence-corrected chi connectivity index (χ1v) is 9.02. The Hall–Kier alpha value is 0.640. The van der Waals surface area contributed by atoms with Crippen molar-refractivity contribution in [3.63, 3.8) is 0 Å². The molecule has 0 saturated heterocycles. The van der Waals surface area contributed by atoms with Gasteiger partial charge in [0.25, 0.3) is 0 Å². The summed E-state index contributed by atoms with van der Waals surface area (Å²) in [5, 5.41) is 1.75. The van der Waals surface area contributed by atoms with Crippen molar-refractivity contribution in [3.8, 4) is 0 Å². The molecule has 15 heavy (non-hydrogen) atoms. The molecular formula is C11H13Cl2SiZr. The molecular weight excluding hydrogens is 322 g/mol. The zero-order chi connectivity index (χ0) is 9.42. The largest absolute Gasteiger partial charge is 1.00 e. The Labute approximate surface area is 121 Å². The number of hydrogen-bond donors (Lipinski definition) is 0. The molecule has 0 heterocycles. The molecule has 1 aliphatic rings. The van der Waals surface area contributed by atoms with Gasteiger partial charge in [-0.15, -0.1) is 0 Å². The second-order valence-electron chi connectivity index (χ2n) is 3.86. The van der Waals surface area contributed by atoms with E-state index in [4.69, 9.17) is 0 Å². The predicted molar refractivity (Wildman–Crippen MR) is 56.0 cm³/mol. The van der Waals surface area contributed by atoms with E-state index >= 15 is 0 Å². The predicted octanol–water partition coefficient (Wildman–Crippen LogP) is -3.29. The summed E-state index contributed by atoms with van der Waals surface area (Å²) in [4.78, 5) is 0. The van der Waals surface area contributed by atoms with Crippen LogP contribution in [0.15, 0.2) is 29.5 Å².